The van der Waals surface area contributed by atoms with Crippen LogP contribution in [0.4, 0.5) is 13.2 Å². The Morgan fingerprint density at radius 1 is 1.27 bits per heavy atom. The van der Waals surface area contributed by atoms with Crippen LogP contribution < -0.4 is 0 Å². The van der Waals surface area contributed by atoms with Gasteiger partial charge >= 0.3 is 6.18 Å². The number of alkyl halides is 3. The van der Waals surface area contributed by atoms with Gasteiger partial charge in [-0.3, -0.25) is 4.99 Å². The molecule has 15 heavy (non-hydrogen) atoms. The third kappa shape index (κ3) is 2.58. The molecule has 0 heterocycles. The van der Waals surface area contributed by atoms with Crippen molar-refractivity contribution in [1.29, 1.82) is 0 Å². The van der Waals surface area contributed by atoms with Crippen molar-refractivity contribution in [3.63, 3.8) is 0 Å². The summed E-state index contributed by atoms with van der Waals surface area (Å²) in [5.41, 5.74) is 0.0328. The fourth-order valence-corrected chi connectivity index (χ4v) is 1.45. The maximum Gasteiger partial charge on any atom is 0.417 e. The molecule has 0 radical (unpaired) electrons. The molecule has 0 spiro atoms. The predicted octanol–water partition coefficient (Wildman–Crippen LogP) is 3.53. The molecule has 0 aliphatic heterocycles. The zero-order valence-electron chi connectivity index (χ0n) is 8.60. The summed E-state index contributed by atoms with van der Waals surface area (Å²) in [6.07, 6.45) is -3.83. The minimum Gasteiger partial charge on any atom is -0.292 e. The molecular weight excluding hydrogens is 203 g/mol. The highest BCUT2D eigenvalue weighted by molar-refractivity contribution is 6.01. The summed E-state index contributed by atoms with van der Waals surface area (Å²) in [6.45, 7) is 1.79. The SMILES string of the molecule is CCC(=NC)c1ccccc1C(F)(F)F. The van der Waals surface area contributed by atoms with E-state index < -0.39 is 11.7 Å². The molecule has 1 rings (SSSR count). The van der Waals surface area contributed by atoms with Gasteiger partial charge in [0.05, 0.1) is 5.56 Å². The molecule has 0 amide bonds. The quantitative estimate of drug-likeness (QED) is 0.669. The van der Waals surface area contributed by atoms with Crippen LogP contribution in [0.25, 0.3) is 0 Å². The van der Waals surface area contributed by atoms with Crippen molar-refractivity contribution in [2.45, 2.75) is 19.5 Å². The van der Waals surface area contributed by atoms with E-state index in [0.29, 0.717) is 12.1 Å². The van der Waals surface area contributed by atoms with Crippen molar-refractivity contribution >= 4 is 5.71 Å². The van der Waals surface area contributed by atoms with Gasteiger partial charge in [0.2, 0.25) is 0 Å². The van der Waals surface area contributed by atoms with Crippen LogP contribution in [0.5, 0.6) is 0 Å². The van der Waals surface area contributed by atoms with Crippen molar-refractivity contribution in [3.05, 3.63) is 35.4 Å². The molecule has 0 aromatic heterocycles. The van der Waals surface area contributed by atoms with Gasteiger partial charge in [-0.1, -0.05) is 25.1 Å². The molecule has 1 aromatic rings. The van der Waals surface area contributed by atoms with Crippen LogP contribution in [-0.2, 0) is 6.18 Å². The van der Waals surface area contributed by atoms with Crippen molar-refractivity contribution in [2.24, 2.45) is 4.99 Å². The van der Waals surface area contributed by atoms with E-state index >= 15 is 0 Å². The molecule has 82 valence electrons. The van der Waals surface area contributed by atoms with E-state index in [1.807, 2.05) is 0 Å². The molecule has 0 N–H and O–H groups in total. The van der Waals surface area contributed by atoms with E-state index in [2.05, 4.69) is 4.99 Å². The maximum atomic E-state index is 12.6. The second kappa shape index (κ2) is 4.47. The van der Waals surface area contributed by atoms with Crippen molar-refractivity contribution in [3.8, 4) is 0 Å². The first kappa shape index (κ1) is 11.8. The average molecular weight is 215 g/mol. The largest absolute Gasteiger partial charge is 0.417 e. The van der Waals surface area contributed by atoms with Crippen LogP contribution in [0.15, 0.2) is 29.3 Å². The number of halogens is 3. The first-order valence-electron chi connectivity index (χ1n) is 4.63. The molecule has 4 heteroatoms. The molecule has 0 fully saturated rings. The molecule has 0 atom stereocenters. The van der Waals surface area contributed by atoms with Gasteiger partial charge in [-0.05, 0) is 12.5 Å². The molecule has 1 nitrogen and oxygen atoms in total. The van der Waals surface area contributed by atoms with E-state index in [0.717, 1.165) is 6.07 Å². The molecule has 0 saturated carbocycles. The second-order valence-corrected chi connectivity index (χ2v) is 3.07. The summed E-state index contributed by atoms with van der Waals surface area (Å²) in [7, 11) is 1.51. The monoisotopic (exact) mass is 215 g/mol. The van der Waals surface area contributed by atoms with Crippen LogP contribution in [0, 0.1) is 0 Å². The lowest BCUT2D eigenvalue weighted by Gasteiger charge is -2.13. The third-order valence-corrected chi connectivity index (χ3v) is 2.15. The summed E-state index contributed by atoms with van der Waals surface area (Å²) < 4.78 is 37.9. The van der Waals surface area contributed by atoms with Crippen LogP contribution >= 0.6 is 0 Å². The molecule has 0 unspecified atom stereocenters. The van der Waals surface area contributed by atoms with Gasteiger partial charge in [0.1, 0.15) is 0 Å². The summed E-state index contributed by atoms with van der Waals surface area (Å²) in [5.74, 6) is 0. The first-order valence-corrected chi connectivity index (χ1v) is 4.63. The Hall–Kier alpha value is -1.32. The van der Waals surface area contributed by atoms with E-state index in [4.69, 9.17) is 0 Å². The molecular formula is C11H12F3N. The Balaban J connectivity index is 3.30. The van der Waals surface area contributed by atoms with E-state index in [1.165, 1.54) is 19.2 Å². The van der Waals surface area contributed by atoms with Gasteiger partial charge in [0.25, 0.3) is 0 Å². The highest BCUT2D eigenvalue weighted by atomic mass is 19.4. The minimum absolute atomic E-state index is 0.176. The zero-order valence-corrected chi connectivity index (χ0v) is 8.60. The first-order chi connectivity index (χ1) is 7.00. The van der Waals surface area contributed by atoms with Crippen molar-refractivity contribution in [2.75, 3.05) is 7.05 Å². The fourth-order valence-electron chi connectivity index (χ4n) is 1.45. The predicted molar refractivity (Wildman–Crippen MR) is 54.2 cm³/mol. The lowest BCUT2D eigenvalue weighted by atomic mass is 10.0. The standard InChI is InChI=1S/C11H12F3N/c1-3-10(15-2)8-6-4-5-7-9(8)11(12,13)14/h4-7H,3H2,1-2H3. The van der Waals surface area contributed by atoms with Crippen LogP contribution in [-0.4, -0.2) is 12.8 Å². The van der Waals surface area contributed by atoms with Gasteiger partial charge in [-0.25, -0.2) is 0 Å². The van der Waals surface area contributed by atoms with Crippen LogP contribution in [0.1, 0.15) is 24.5 Å². The Kier molecular flexibility index (Phi) is 3.50. The van der Waals surface area contributed by atoms with Gasteiger partial charge in [0, 0.05) is 18.3 Å². The molecule has 0 aliphatic carbocycles. The normalized spacial score (nSPS) is 13.0. The number of aliphatic imine (C=N–C) groups is 1. The smallest absolute Gasteiger partial charge is 0.292 e. The van der Waals surface area contributed by atoms with Gasteiger partial charge in [-0.15, -0.1) is 0 Å². The molecule has 0 saturated heterocycles. The molecule has 1 aromatic carbocycles. The fraction of sp³-hybridized carbons (Fsp3) is 0.364. The highest BCUT2D eigenvalue weighted by Gasteiger charge is 2.33. The van der Waals surface area contributed by atoms with Gasteiger partial charge in [0.15, 0.2) is 0 Å². The Morgan fingerprint density at radius 2 is 1.87 bits per heavy atom. The number of hydrogen-bond donors (Lipinski definition) is 0. The number of benzene rings is 1. The topological polar surface area (TPSA) is 12.4 Å². The van der Waals surface area contributed by atoms with Crippen LogP contribution in [0.2, 0.25) is 0 Å². The van der Waals surface area contributed by atoms with Crippen LogP contribution in [0.3, 0.4) is 0 Å². The Bertz CT molecular complexity index is 366. The number of rotatable bonds is 2. The van der Waals surface area contributed by atoms with Gasteiger partial charge < -0.3 is 0 Å². The summed E-state index contributed by atoms with van der Waals surface area (Å²) in [6, 6.07) is 5.51. The van der Waals surface area contributed by atoms with E-state index in [9.17, 15) is 13.2 Å². The Morgan fingerprint density at radius 3 is 2.33 bits per heavy atom. The molecule has 0 bridgehead atoms. The third-order valence-electron chi connectivity index (χ3n) is 2.15. The minimum atomic E-state index is -4.32. The van der Waals surface area contributed by atoms with Crippen molar-refractivity contribution < 1.29 is 13.2 Å². The average Bonchev–Trinajstić information content (AvgIpc) is 2.19. The lowest BCUT2D eigenvalue weighted by Crippen LogP contribution is -2.13. The van der Waals surface area contributed by atoms with E-state index in [-0.39, 0.29) is 5.56 Å². The summed E-state index contributed by atoms with van der Waals surface area (Å²) >= 11 is 0. The van der Waals surface area contributed by atoms with Crippen molar-refractivity contribution in [1.82, 2.24) is 0 Å². The maximum absolute atomic E-state index is 12.6. The number of nitrogens with zero attached hydrogens (tertiary/aromatic N) is 1. The van der Waals surface area contributed by atoms with Gasteiger partial charge in [-0.2, -0.15) is 13.2 Å². The second-order valence-electron chi connectivity index (χ2n) is 3.07. The summed E-state index contributed by atoms with van der Waals surface area (Å²) in [4.78, 5) is 3.87. The zero-order chi connectivity index (χ0) is 11.5. The lowest BCUT2D eigenvalue weighted by molar-refractivity contribution is -0.137. The Labute approximate surface area is 86.6 Å². The summed E-state index contributed by atoms with van der Waals surface area (Å²) in [5, 5.41) is 0. The highest BCUT2D eigenvalue weighted by Crippen LogP contribution is 2.32. The molecule has 0 aliphatic rings. The van der Waals surface area contributed by atoms with E-state index in [1.54, 1.807) is 13.0 Å². The number of hydrogen-bond acceptors (Lipinski definition) is 1.